The highest BCUT2D eigenvalue weighted by Crippen LogP contribution is 2.18. The first-order valence-corrected chi connectivity index (χ1v) is 6.08. The molecule has 0 bridgehead atoms. The smallest absolute Gasteiger partial charge is 0.252 e. The molecule has 2 rings (SSSR count). The van der Waals surface area contributed by atoms with Crippen LogP contribution in [0.5, 0.6) is 0 Å². The van der Waals surface area contributed by atoms with Crippen LogP contribution in [0.25, 0.3) is 0 Å². The van der Waals surface area contributed by atoms with Gasteiger partial charge < -0.3 is 16.4 Å². The maximum absolute atomic E-state index is 11.4. The Morgan fingerprint density at radius 3 is 2.47 bits per heavy atom. The van der Waals surface area contributed by atoms with Gasteiger partial charge in [-0.1, -0.05) is 0 Å². The molecule has 1 aromatic heterocycles. The minimum atomic E-state index is -0.484. The third-order valence-electron chi connectivity index (χ3n) is 3.10. The molecule has 0 aromatic carbocycles. The molecule has 1 aromatic rings. The second-order valence-corrected chi connectivity index (χ2v) is 4.47. The zero-order valence-corrected chi connectivity index (χ0v) is 10.6. The van der Waals surface area contributed by atoms with Crippen LogP contribution in [0, 0.1) is 0 Å². The molecule has 1 saturated heterocycles. The molecule has 1 fully saturated rings. The summed E-state index contributed by atoms with van der Waals surface area (Å²) in [5.41, 5.74) is 10.9. The average molecular weight is 263 g/mol. The van der Waals surface area contributed by atoms with Crippen LogP contribution >= 0.6 is 0 Å². The van der Waals surface area contributed by atoms with Crippen LogP contribution in [0.4, 0.5) is 5.82 Å². The lowest BCUT2D eigenvalue weighted by Gasteiger charge is -2.35. The standard InChI is InChI=1S/C12H17N5O2/c13-10(18)8-16-4-6-17(7-5-16)12-9(11(14)19)2-1-3-15-12/h1-3H,4-8H2,(H2,13,18)(H2,14,19). The van der Waals surface area contributed by atoms with Crippen LogP contribution in [0.3, 0.4) is 0 Å². The molecular weight excluding hydrogens is 246 g/mol. The van der Waals surface area contributed by atoms with Gasteiger partial charge in [-0.25, -0.2) is 4.98 Å². The first-order chi connectivity index (χ1) is 9.08. The summed E-state index contributed by atoms with van der Waals surface area (Å²) in [6, 6.07) is 3.35. The molecular formula is C12H17N5O2. The predicted octanol–water partition coefficient (Wildman–Crippen LogP) is -1.21. The Labute approximate surface area is 111 Å². The van der Waals surface area contributed by atoms with Gasteiger partial charge in [-0.3, -0.25) is 14.5 Å². The Balaban J connectivity index is 2.05. The highest BCUT2D eigenvalue weighted by atomic mass is 16.1. The highest BCUT2D eigenvalue weighted by Gasteiger charge is 2.22. The van der Waals surface area contributed by atoms with Crippen LogP contribution in [0.1, 0.15) is 10.4 Å². The number of nitrogens with zero attached hydrogens (tertiary/aromatic N) is 3. The number of hydrogen-bond acceptors (Lipinski definition) is 5. The average Bonchev–Trinajstić information content (AvgIpc) is 2.39. The molecule has 0 radical (unpaired) electrons. The van der Waals surface area contributed by atoms with E-state index in [1.54, 1.807) is 18.3 Å². The van der Waals surface area contributed by atoms with Crippen molar-refractivity contribution in [1.29, 1.82) is 0 Å². The van der Waals surface area contributed by atoms with Gasteiger partial charge in [-0.05, 0) is 12.1 Å². The molecule has 0 unspecified atom stereocenters. The molecule has 2 amide bonds. The summed E-state index contributed by atoms with van der Waals surface area (Å²) in [6.07, 6.45) is 1.64. The van der Waals surface area contributed by atoms with E-state index in [2.05, 4.69) is 4.98 Å². The summed E-state index contributed by atoms with van der Waals surface area (Å²) in [6.45, 7) is 3.04. The Morgan fingerprint density at radius 2 is 1.89 bits per heavy atom. The molecule has 0 aliphatic carbocycles. The number of primary amides is 2. The van der Waals surface area contributed by atoms with Gasteiger partial charge in [0.15, 0.2) is 0 Å². The number of piperazine rings is 1. The molecule has 1 aliphatic rings. The number of hydrogen-bond donors (Lipinski definition) is 2. The molecule has 7 nitrogen and oxygen atoms in total. The number of rotatable bonds is 4. The topological polar surface area (TPSA) is 106 Å². The van der Waals surface area contributed by atoms with Crippen LogP contribution < -0.4 is 16.4 Å². The fourth-order valence-electron chi connectivity index (χ4n) is 2.18. The lowest BCUT2D eigenvalue weighted by molar-refractivity contribution is -0.119. The summed E-state index contributed by atoms with van der Waals surface area (Å²) in [5, 5.41) is 0. The van der Waals surface area contributed by atoms with E-state index in [-0.39, 0.29) is 12.5 Å². The van der Waals surface area contributed by atoms with Gasteiger partial charge in [0.05, 0.1) is 12.1 Å². The molecule has 0 spiro atoms. The van der Waals surface area contributed by atoms with E-state index in [0.29, 0.717) is 37.6 Å². The Hall–Kier alpha value is -2.15. The lowest BCUT2D eigenvalue weighted by atomic mass is 10.2. The largest absolute Gasteiger partial charge is 0.369 e. The predicted molar refractivity (Wildman–Crippen MR) is 70.6 cm³/mol. The number of aromatic nitrogens is 1. The van der Waals surface area contributed by atoms with Crippen molar-refractivity contribution in [3.63, 3.8) is 0 Å². The summed E-state index contributed by atoms with van der Waals surface area (Å²) in [7, 11) is 0. The van der Waals surface area contributed by atoms with Gasteiger partial charge in [0.1, 0.15) is 5.82 Å². The minimum absolute atomic E-state index is 0.263. The number of pyridine rings is 1. The molecule has 7 heteroatoms. The van der Waals surface area contributed by atoms with Gasteiger partial charge in [-0.15, -0.1) is 0 Å². The highest BCUT2D eigenvalue weighted by molar-refractivity contribution is 5.97. The zero-order chi connectivity index (χ0) is 13.8. The van der Waals surface area contributed by atoms with Crippen molar-refractivity contribution >= 4 is 17.6 Å². The van der Waals surface area contributed by atoms with Gasteiger partial charge in [0.25, 0.3) is 5.91 Å². The van der Waals surface area contributed by atoms with Crippen LogP contribution in [0.2, 0.25) is 0 Å². The van der Waals surface area contributed by atoms with Gasteiger partial charge in [0, 0.05) is 32.4 Å². The Morgan fingerprint density at radius 1 is 1.21 bits per heavy atom. The van der Waals surface area contributed by atoms with Gasteiger partial charge in [0.2, 0.25) is 5.91 Å². The number of amides is 2. The number of anilines is 1. The van der Waals surface area contributed by atoms with E-state index >= 15 is 0 Å². The summed E-state index contributed by atoms with van der Waals surface area (Å²) in [4.78, 5) is 30.4. The molecule has 19 heavy (non-hydrogen) atoms. The van der Waals surface area contributed by atoms with Crippen LogP contribution in [-0.4, -0.2) is 54.4 Å². The maximum atomic E-state index is 11.4. The zero-order valence-electron chi connectivity index (χ0n) is 10.6. The summed E-state index contributed by atoms with van der Waals surface area (Å²) >= 11 is 0. The van der Waals surface area contributed by atoms with E-state index in [0.717, 1.165) is 0 Å². The van der Waals surface area contributed by atoms with Gasteiger partial charge >= 0.3 is 0 Å². The molecule has 102 valence electrons. The van der Waals surface area contributed by atoms with Crippen molar-refractivity contribution in [3.05, 3.63) is 23.9 Å². The van der Waals surface area contributed by atoms with Crippen molar-refractivity contribution in [2.75, 3.05) is 37.6 Å². The number of nitrogens with two attached hydrogens (primary N) is 2. The third kappa shape index (κ3) is 3.19. The molecule has 1 aliphatic heterocycles. The van der Waals surface area contributed by atoms with E-state index < -0.39 is 5.91 Å². The summed E-state index contributed by atoms with van der Waals surface area (Å²) in [5.74, 6) is -0.208. The van der Waals surface area contributed by atoms with E-state index in [4.69, 9.17) is 11.5 Å². The van der Waals surface area contributed by atoms with Crippen molar-refractivity contribution < 1.29 is 9.59 Å². The van der Waals surface area contributed by atoms with Crippen LogP contribution in [0.15, 0.2) is 18.3 Å². The van der Waals surface area contributed by atoms with Crippen molar-refractivity contribution in [2.45, 2.75) is 0 Å². The lowest BCUT2D eigenvalue weighted by Crippen LogP contribution is -2.49. The Kier molecular flexibility index (Phi) is 3.96. The third-order valence-corrected chi connectivity index (χ3v) is 3.10. The monoisotopic (exact) mass is 263 g/mol. The fraction of sp³-hybridized carbons (Fsp3) is 0.417. The molecule has 2 heterocycles. The molecule has 0 atom stereocenters. The molecule has 0 saturated carbocycles. The first-order valence-electron chi connectivity index (χ1n) is 6.08. The van der Waals surface area contributed by atoms with Crippen molar-refractivity contribution in [3.8, 4) is 0 Å². The van der Waals surface area contributed by atoms with Crippen LogP contribution in [-0.2, 0) is 4.79 Å². The first kappa shape index (κ1) is 13.3. The van der Waals surface area contributed by atoms with E-state index in [1.807, 2.05) is 9.80 Å². The quantitative estimate of drug-likeness (QED) is 0.709. The fourth-order valence-corrected chi connectivity index (χ4v) is 2.18. The summed E-state index contributed by atoms with van der Waals surface area (Å²) < 4.78 is 0. The number of carbonyl (C=O) groups is 2. The Bertz CT molecular complexity index is 483. The number of carbonyl (C=O) groups excluding carboxylic acids is 2. The normalized spacial score (nSPS) is 16.3. The van der Waals surface area contributed by atoms with E-state index in [9.17, 15) is 9.59 Å². The van der Waals surface area contributed by atoms with Gasteiger partial charge in [-0.2, -0.15) is 0 Å². The second-order valence-electron chi connectivity index (χ2n) is 4.47. The maximum Gasteiger partial charge on any atom is 0.252 e. The van der Waals surface area contributed by atoms with Crippen molar-refractivity contribution in [1.82, 2.24) is 9.88 Å². The van der Waals surface area contributed by atoms with E-state index in [1.165, 1.54) is 0 Å². The second kappa shape index (κ2) is 5.66. The SMILES string of the molecule is NC(=O)CN1CCN(c2ncccc2C(N)=O)CC1. The molecule has 4 N–H and O–H groups in total. The minimum Gasteiger partial charge on any atom is -0.369 e. The van der Waals surface area contributed by atoms with Crippen molar-refractivity contribution in [2.24, 2.45) is 11.5 Å².